The van der Waals surface area contributed by atoms with Gasteiger partial charge in [0.1, 0.15) is 0 Å². The molecule has 0 aliphatic carbocycles. The molecule has 0 aliphatic rings. The van der Waals surface area contributed by atoms with Crippen LogP contribution in [0.1, 0.15) is 32.1 Å². The van der Waals surface area contributed by atoms with E-state index in [0.29, 0.717) is 0 Å². The van der Waals surface area contributed by atoms with Crippen LogP contribution in [0.5, 0.6) is 0 Å². The van der Waals surface area contributed by atoms with E-state index in [4.69, 9.17) is 0 Å². The fourth-order valence-electron chi connectivity index (χ4n) is 2.48. The van der Waals surface area contributed by atoms with Crippen molar-refractivity contribution in [2.45, 2.75) is 32.1 Å². The third-order valence-corrected chi connectivity index (χ3v) is 4.85. The molecule has 0 saturated carbocycles. The summed E-state index contributed by atoms with van der Waals surface area (Å²) in [5.41, 5.74) is 2.12. The summed E-state index contributed by atoms with van der Waals surface area (Å²) < 4.78 is 1.71. The minimum atomic E-state index is 0.855. The van der Waals surface area contributed by atoms with Gasteiger partial charge in [-0.1, -0.05) is 0 Å². The number of nitrogens with zero attached hydrogens (tertiary/aromatic N) is 2. The van der Waals surface area contributed by atoms with Crippen LogP contribution in [0.2, 0.25) is 0 Å². The number of para-hydroxylation sites is 2. The Morgan fingerprint density at radius 1 is 0.593 bits per heavy atom. The van der Waals surface area contributed by atoms with E-state index in [1.54, 1.807) is 0 Å². The Bertz CT molecular complexity index is 641. The van der Waals surface area contributed by atoms with Gasteiger partial charge in [-0.3, -0.25) is 0 Å². The van der Waals surface area contributed by atoms with E-state index in [-0.39, 0.29) is 0 Å². The summed E-state index contributed by atoms with van der Waals surface area (Å²) in [6, 6.07) is 20.2. The average Bonchev–Trinajstić information content (AvgIpc) is 2.68. The van der Waals surface area contributed by atoms with E-state index in [9.17, 15) is 0 Å². The van der Waals surface area contributed by atoms with Crippen molar-refractivity contribution in [3.8, 4) is 0 Å². The van der Waals surface area contributed by atoms with Gasteiger partial charge in [0.05, 0.1) is 0 Å². The molecule has 2 radical (unpaired) electrons. The Labute approximate surface area is 179 Å². The number of benzene rings is 2. The molecule has 0 aliphatic heterocycles. The Morgan fingerprint density at radius 2 is 0.963 bits per heavy atom. The molecule has 142 valence electrons. The molecular formula is C21H26N4Se2. The van der Waals surface area contributed by atoms with Gasteiger partial charge in [0.25, 0.3) is 0 Å². The van der Waals surface area contributed by atoms with Crippen LogP contribution in [-0.2, 0) is 0 Å². The Morgan fingerprint density at radius 3 is 1.37 bits per heavy atom. The molecule has 0 fully saturated rings. The van der Waals surface area contributed by atoms with Crippen molar-refractivity contribution in [1.82, 2.24) is 0 Å². The van der Waals surface area contributed by atoms with Crippen molar-refractivity contribution < 1.29 is 0 Å². The fourth-order valence-corrected chi connectivity index (χ4v) is 3.36. The van der Waals surface area contributed by atoms with Gasteiger partial charge in [-0.15, -0.1) is 0 Å². The molecule has 0 amide bonds. The van der Waals surface area contributed by atoms with Crippen molar-refractivity contribution in [3.63, 3.8) is 0 Å². The number of unbranched alkanes of at least 4 members (excludes halogenated alkanes) is 4. The van der Waals surface area contributed by atoms with Crippen LogP contribution in [0.25, 0.3) is 0 Å². The van der Waals surface area contributed by atoms with E-state index in [0.717, 1.165) is 46.8 Å². The van der Waals surface area contributed by atoms with Crippen LogP contribution in [0, 0.1) is 0 Å². The quantitative estimate of drug-likeness (QED) is 0.226. The van der Waals surface area contributed by atoms with E-state index >= 15 is 0 Å². The van der Waals surface area contributed by atoms with Crippen LogP contribution in [-0.4, -0.2) is 54.6 Å². The standard InChI is InChI=1S/C21H26N4Se2/c26-20(24-18-12-6-4-7-13-18)22-16-10-2-1-3-11-17-23-21(27)25-19-14-8-5-9-15-19/h4-9,12-15H,1-3,10-11,16-17H2,(H,22,24)(H,23,25). The molecule has 0 spiro atoms. The number of rotatable bonds is 10. The number of aliphatic imine (C=N–C) groups is 2. The summed E-state index contributed by atoms with van der Waals surface area (Å²) >= 11 is 5.97. The second kappa shape index (κ2) is 13.6. The van der Waals surface area contributed by atoms with Crippen molar-refractivity contribution in [1.29, 1.82) is 0 Å². The summed E-state index contributed by atoms with van der Waals surface area (Å²) in [4.78, 5) is 9.06. The molecule has 2 rings (SSSR count). The van der Waals surface area contributed by atoms with Crippen LogP contribution in [0.15, 0.2) is 70.6 Å². The molecular weight excluding hydrogens is 466 g/mol. The molecule has 0 saturated heterocycles. The summed E-state index contributed by atoms with van der Waals surface area (Å²) in [5.74, 6) is 0. The molecule has 0 unspecified atom stereocenters. The first-order valence-electron chi connectivity index (χ1n) is 9.31. The second-order valence-corrected chi connectivity index (χ2v) is 7.75. The van der Waals surface area contributed by atoms with Gasteiger partial charge in [0, 0.05) is 0 Å². The number of anilines is 2. The number of nitrogens with one attached hydrogen (secondary N) is 2. The fraction of sp³-hybridized carbons (Fsp3) is 0.333. The van der Waals surface area contributed by atoms with Crippen molar-refractivity contribution in [3.05, 3.63) is 60.7 Å². The van der Waals surface area contributed by atoms with E-state index in [2.05, 4.69) is 52.6 Å². The molecule has 2 N–H and O–H groups in total. The third-order valence-electron chi connectivity index (χ3n) is 3.88. The molecule has 27 heavy (non-hydrogen) atoms. The van der Waals surface area contributed by atoms with Crippen LogP contribution < -0.4 is 10.6 Å². The van der Waals surface area contributed by atoms with Crippen molar-refractivity contribution in [2.24, 2.45) is 9.98 Å². The molecule has 4 nitrogen and oxygen atoms in total. The van der Waals surface area contributed by atoms with E-state index in [1.807, 2.05) is 60.7 Å². The van der Waals surface area contributed by atoms with Gasteiger partial charge in [-0.2, -0.15) is 0 Å². The minimum absolute atomic E-state index is 0.855. The molecule has 0 atom stereocenters. The predicted octanol–water partition coefficient (Wildman–Crippen LogP) is 4.21. The van der Waals surface area contributed by atoms with Gasteiger partial charge in [-0.25, -0.2) is 0 Å². The topological polar surface area (TPSA) is 48.8 Å². The Balaban J connectivity index is 1.48. The SMILES string of the molecule is [Se]C(=NCCCCCCCN=C([Se])Nc1ccccc1)Nc1ccccc1. The maximum atomic E-state index is 4.53. The summed E-state index contributed by atoms with van der Waals surface area (Å²) in [6.07, 6.45) is 5.88. The summed E-state index contributed by atoms with van der Waals surface area (Å²) in [6.45, 7) is 1.71. The number of hydrogen-bond donors (Lipinski definition) is 2. The number of amidine groups is 2. The zero-order chi connectivity index (χ0) is 19.2. The monoisotopic (exact) mass is 494 g/mol. The zero-order valence-electron chi connectivity index (χ0n) is 15.4. The third kappa shape index (κ3) is 10.4. The predicted molar refractivity (Wildman–Crippen MR) is 119 cm³/mol. The first-order valence-corrected chi connectivity index (χ1v) is 11.0. The van der Waals surface area contributed by atoms with Gasteiger partial charge >= 0.3 is 179 Å². The van der Waals surface area contributed by atoms with Crippen LogP contribution in [0.3, 0.4) is 0 Å². The van der Waals surface area contributed by atoms with Gasteiger partial charge in [0.15, 0.2) is 0 Å². The van der Waals surface area contributed by atoms with Crippen molar-refractivity contribution in [2.75, 3.05) is 23.7 Å². The molecule has 0 aromatic heterocycles. The van der Waals surface area contributed by atoms with Gasteiger partial charge in [0.2, 0.25) is 0 Å². The van der Waals surface area contributed by atoms with Crippen LogP contribution >= 0.6 is 0 Å². The first kappa shape index (κ1) is 21.7. The second-order valence-electron chi connectivity index (χ2n) is 6.12. The molecule has 0 bridgehead atoms. The average molecular weight is 492 g/mol. The normalized spacial score (nSPS) is 12.0. The Kier molecular flexibility index (Phi) is 10.9. The maximum absolute atomic E-state index is 4.53. The van der Waals surface area contributed by atoms with E-state index < -0.39 is 0 Å². The molecule has 6 heteroatoms. The summed E-state index contributed by atoms with van der Waals surface area (Å²) in [7, 11) is 0. The zero-order valence-corrected chi connectivity index (χ0v) is 18.9. The molecule has 2 aromatic rings. The van der Waals surface area contributed by atoms with Crippen molar-refractivity contribution >= 4 is 52.9 Å². The Hall–Kier alpha value is -1.58. The molecule has 0 heterocycles. The van der Waals surface area contributed by atoms with Gasteiger partial charge < -0.3 is 0 Å². The van der Waals surface area contributed by atoms with Gasteiger partial charge in [-0.05, 0) is 0 Å². The van der Waals surface area contributed by atoms with E-state index in [1.165, 1.54) is 19.3 Å². The first-order chi connectivity index (χ1) is 13.2. The summed E-state index contributed by atoms with van der Waals surface area (Å²) in [5, 5.41) is 6.52. The number of hydrogen-bond acceptors (Lipinski definition) is 2. The van der Waals surface area contributed by atoms with Crippen LogP contribution in [0.4, 0.5) is 11.4 Å². The molecule has 2 aromatic carbocycles.